The van der Waals surface area contributed by atoms with Gasteiger partial charge in [0.25, 0.3) is 5.56 Å². The highest BCUT2D eigenvalue weighted by molar-refractivity contribution is 7.07. The topological polar surface area (TPSA) is 44.4 Å². The zero-order valence-corrected chi connectivity index (χ0v) is 14.8. The van der Waals surface area contributed by atoms with E-state index in [1.165, 1.54) is 11.3 Å². The fourth-order valence-corrected chi connectivity index (χ4v) is 3.35. The van der Waals surface area contributed by atoms with Crippen LogP contribution in [0, 0.1) is 0 Å². The number of allylic oxidation sites excluding steroid dienone is 1. The van der Waals surface area contributed by atoms with E-state index in [2.05, 4.69) is 13.2 Å². The van der Waals surface area contributed by atoms with Crippen LogP contribution in [0.3, 0.4) is 0 Å². The van der Waals surface area contributed by atoms with Crippen LogP contribution in [0.2, 0.25) is 0 Å². The number of thiazole rings is 1. The van der Waals surface area contributed by atoms with Gasteiger partial charge in [-0.1, -0.05) is 43.5 Å². The van der Waals surface area contributed by atoms with E-state index in [4.69, 9.17) is 9.15 Å². The molecule has 0 radical (unpaired) electrons. The minimum atomic E-state index is -0.117. The zero-order chi connectivity index (χ0) is 17.8. The summed E-state index contributed by atoms with van der Waals surface area (Å²) in [6, 6.07) is 13.6. The van der Waals surface area contributed by atoms with E-state index < -0.39 is 0 Å². The summed E-state index contributed by atoms with van der Waals surface area (Å²) >= 11 is 1.33. The molecule has 0 saturated carbocycles. The Morgan fingerprint density at radius 3 is 2.76 bits per heavy atom. The Balaban J connectivity index is 1.93. The number of furan rings is 1. The van der Waals surface area contributed by atoms with Crippen molar-refractivity contribution in [1.82, 2.24) is 4.57 Å². The van der Waals surface area contributed by atoms with E-state index in [-0.39, 0.29) is 5.56 Å². The average Bonchev–Trinajstić information content (AvgIpc) is 3.17. The predicted octanol–water partition coefficient (Wildman–Crippen LogP) is 2.96. The first-order valence-electron chi connectivity index (χ1n) is 7.94. The highest BCUT2D eigenvalue weighted by atomic mass is 32.1. The maximum Gasteiger partial charge on any atom is 0.269 e. The molecular weight excluding hydrogens is 334 g/mol. The molecule has 4 nitrogen and oxygen atoms in total. The van der Waals surface area contributed by atoms with Crippen molar-refractivity contribution in [2.24, 2.45) is 0 Å². The van der Waals surface area contributed by atoms with Crippen molar-refractivity contribution in [3.63, 3.8) is 0 Å². The molecule has 0 bridgehead atoms. The highest BCUT2D eigenvalue weighted by Crippen LogP contribution is 2.21. The van der Waals surface area contributed by atoms with Crippen LogP contribution in [0.4, 0.5) is 0 Å². The Labute approximate surface area is 149 Å². The van der Waals surface area contributed by atoms with Gasteiger partial charge in [-0.15, -0.1) is 11.3 Å². The van der Waals surface area contributed by atoms with E-state index in [0.717, 1.165) is 11.3 Å². The number of aromatic nitrogens is 1. The van der Waals surface area contributed by atoms with Crippen LogP contribution in [0.15, 0.2) is 64.0 Å². The molecule has 0 fully saturated rings. The van der Waals surface area contributed by atoms with E-state index in [1.807, 2.05) is 49.4 Å². The summed E-state index contributed by atoms with van der Waals surface area (Å²) < 4.78 is 14.0. The molecule has 0 amide bonds. The molecule has 2 heterocycles. The molecule has 0 unspecified atom stereocenters. The van der Waals surface area contributed by atoms with Crippen LogP contribution >= 0.6 is 11.3 Å². The predicted molar refractivity (Wildman–Crippen MR) is 102 cm³/mol. The van der Waals surface area contributed by atoms with Gasteiger partial charge in [0.2, 0.25) is 0 Å². The number of benzene rings is 1. The van der Waals surface area contributed by atoms with Gasteiger partial charge in [0.15, 0.2) is 0 Å². The SMILES string of the molecule is C=C(Cn1c(=C)s/c(=C\c2ccc(-c3ccccc3)o2)c1=O)OCC. The van der Waals surface area contributed by atoms with E-state index in [0.29, 0.717) is 33.9 Å². The molecule has 25 heavy (non-hydrogen) atoms. The number of rotatable bonds is 6. The number of hydrogen-bond acceptors (Lipinski definition) is 4. The Morgan fingerprint density at radius 1 is 1.28 bits per heavy atom. The highest BCUT2D eigenvalue weighted by Gasteiger charge is 2.07. The summed E-state index contributed by atoms with van der Waals surface area (Å²) in [4.78, 5) is 12.6. The van der Waals surface area contributed by atoms with Crippen molar-refractivity contribution in [1.29, 1.82) is 0 Å². The zero-order valence-electron chi connectivity index (χ0n) is 14.0. The largest absolute Gasteiger partial charge is 0.497 e. The third-order valence-electron chi connectivity index (χ3n) is 3.63. The number of hydrogen-bond donors (Lipinski definition) is 0. The van der Waals surface area contributed by atoms with Crippen molar-refractivity contribution < 1.29 is 9.15 Å². The quantitative estimate of drug-likeness (QED) is 0.640. The second-order valence-corrected chi connectivity index (χ2v) is 6.55. The van der Waals surface area contributed by atoms with Crippen molar-refractivity contribution in [2.75, 3.05) is 6.61 Å². The minimum absolute atomic E-state index is 0.117. The lowest BCUT2D eigenvalue weighted by Gasteiger charge is -2.06. The van der Waals surface area contributed by atoms with Gasteiger partial charge in [-0.3, -0.25) is 9.36 Å². The fraction of sp³-hybridized carbons (Fsp3) is 0.150. The molecule has 0 aliphatic heterocycles. The van der Waals surface area contributed by atoms with Gasteiger partial charge in [-0.25, -0.2) is 0 Å². The van der Waals surface area contributed by atoms with Gasteiger partial charge >= 0.3 is 0 Å². The van der Waals surface area contributed by atoms with Crippen molar-refractivity contribution >= 4 is 24.0 Å². The summed E-state index contributed by atoms with van der Waals surface area (Å²) in [5.74, 6) is 1.94. The molecule has 0 N–H and O–H groups in total. The van der Waals surface area contributed by atoms with Gasteiger partial charge in [-0.05, 0) is 19.1 Å². The monoisotopic (exact) mass is 353 g/mol. The van der Waals surface area contributed by atoms with Gasteiger partial charge in [-0.2, -0.15) is 0 Å². The Kier molecular flexibility index (Phi) is 5.05. The fourth-order valence-electron chi connectivity index (χ4n) is 2.47. The summed E-state index contributed by atoms with van der Waals surface area (Å²) in [7, 11) is 0. The number of nitrogens with zero attached hydrogens (tertiary/aromatic N) is 1. The van der Waals surface area contributed by atoms with E-state index in [9.17, 15) is 4.79 Å². The molecule has 1 aromatic carbocycles. The normalized spacial score (nSPS) is 11.6. The molecule has 2 aromatic heterocycles. The van der Waals surface area contributed by atoms with E-state index in [1.54, 1.807) is 10.6 Å². The average molecular weight is 353 g/mol. The molecule has 5 heteroatoms. The first-order chi connectivity index (χ1) is 12.1. The van der Waals surface area contributed by atoms with Crippen molar-refractivity contribution in [3.05, 3.63) is 80.1 Å². The smallest absolute Gasteiger partial charge is 0.269 e. The summed E-state index contributed by atoms with van der Waals surface area (Å²) in [6.07, 6.45) is 1.74. The first-order valence-corrected chi connectivity index (χ1v) is 8.76. The summed E-state index contributed by atoms with van der Waals surface area (Å²) in [5, 5.41) is 0. The van der Waals surface area contributed by atoms with Crippen LogP contribution in [0.1, 0.15) is 12.7 Å². The van der Waals surface area contributed by atoms with Crippen LogP contribution in [-0.2, 0) is 11.3 Å². The third-order valence-corrected chi connectivity index (χ3v) is 4.59. The summed E-state index contributed by atoms with van der Waals surface area (Å²) in [5.41, 5.74) is 0.880. The summed E-state index contributed by atoms with van der Waals surface area (Å²) in [6.45, 7) is 10.5. The third kappa shape index (κ3) is 3.83. The molecular formula is C20H19NO3S. The first kappa shape index (κ1) is 17.0. The van der Waals surface area contributed by atoms with Crippen LogP contribution in [0.5, 0.6) is 0 Å². The van der Waals surface area contributed by atoms with Gasteiger partial charge in [0, 0.05) is 11.6 Å². The molecule has 0 aliphatic rings. The lowest BCUT2D eigenvalue weighted by atomic mass is 10.2. The van der Waals surface area contributed by atoms with Gasteiger partial charge in [0.1, 0.15) is 17.3 Å². The van der Waals surface area contributed by atoms with Crippen molar-refractivity contribution in [2.45, 2.75) is 13.5 Å². The Morgan fingerprint density at radius 2 is 2.04 bits per heavy atom. The molecule has 0 spiro atoms. The standard InChI is InChI=1S/C20H19NO3S/c1-4-23-14(2)13-21-15(3)25-19(20(21)22)12-17-10-11-18(24-17)16-8-6-5-7-9-16/h5-12H,2-4,13H2,1H3/b19-12-. The minimum Gasteiger partial charge on any atom is -0.497 e. The van der Waals surface area contributed by atoms with Crippen LogP contribution < -0.4 is 14.8 Å². The second-order valence-electron chi connectivity index (χ2n) is 5.44. The molecule has 3 aromatic rings. The molecule has 128 valence electrons. The lowest BCUT2D eigenvalue weighted by Crippen LogP contribution is -2.31. The van der Waals surface area contributed by atoms with Gasteiger partial charge < -0.3 is 9.15 Å². The molecule has 0 saturated heterocycles. The Bertz CT molecular complexity index is 1040. The van der Waals surface area contributed by atoms with E-state index >= 15 is 0 Å². The molecule has 3 rings (SSSR count). The van der Waals surface area contributed by atoms with Crippen molar-refractivity contribution in [3.8, 4) is 11.3 Å². The lowest BCUT2D eigenvalue weighted by molar-refractivity contribution is 0.214. The second kappa shape index (κ2) is 7.40. The maximum absolute atomic E-state index is 12.6. The Hall–Kier alpha value is -2.79. The molecule has 0 aliphatic carbocycles. The van der Waals surface area contributed by atoms with Crippen LogP contribution in [0.25, 0.3) is 24.0 Å². The maximum atomic E-state index is 12.6. The molecule has 0 atom stereocenters. The van der Waals surface area contributed by atoms with Gasteiger partial charge in [0.05, 0.1) is 22.3 Å². The van der Waals surface area contributed by atoms with Crippen LogP contribution in [-0.4, -0.2) is 11.2 Å². The number of ether oxygens (including phenoxy) is 1.